The third-order valence-corrected chi connectivity index (χ3v) is 5.09. The van der Waals surface area contributed by atoms with Crippen molar-refractivity contribution in [3.05, 3.63) is 47.8 Å². The molecule has 4 rings (SSSR count). The summed E-state index contributed by atoms with van der Waals surface area (Å²) in [6.07, 6.45) is 4.98. The predicted molar refractivity (Wildman–Crippen MR) is 98.9 cm³/mol. The number of carbonyl (C=O) groups excluding carboxylic acids is 1. The van der Waals surface area contributed by atoms with Gasteiger partial charge < -0.3 is 15.2 Å². The number of ether oxygens (including phenoxy) is 2. The first-order chi connectivity index (χ1) is 13.9. The highest BCUT2D eigenvalue weighted by molar-refractivity contribution is 6.00. The predicted octanol–water partition coefficient (Wildman–Crippen LogP) is 3.27. The summed E-state index contributed by atoms with van der Waals surface area (Å²) < 4.78 is 37.0. The molecule has 2 heterocycles. The van der Waals surface area contributed by atoms with Crippen molar-refractivity contribution in [2.75, 3.05) is 7.11 Å². The third kappa shape index (κ3) is 3.12. The van der Waals surface area contributed by atoms with E-state index >= 15 is 0 Å². The van der Waals surface area contributed by atoms with E-state index in [1.54, 1.807) is 16.9 Å². The number of nitrogens with two attached hydrogens (primary N) is 1. The molecule has 0 radical (unpaired) electrons. The molecule has 0 spiro atoms. The van der Waals surface area contributed by atoms with Gasteiger partial charge in [0, 0.05) is 11.8 Å². The van der Waals surface area contributed by atoms with Gasteiger partial charge in [-0.05, 0) is 42.2 Å². The Morgan fingerprint density at radius 2 is 2.07 bits per heavy atom. The molecule has 0 unspecified atom stereocenters. The molecule has 3 aromatic rings. The van der Waals surface area contributed by atoms with E-state index in [1.165, 1.54) is 19.2 Å². The lowest BCUT2D eigenvalue weighted by atomic mass is 9.98. The lowest BCUT2D eigenvalue weighted by molar-refractivity contribution is -0.0501. The second kappa shape index (κ2) is 6.74. The van der Waals surface area contributed by atoms with Crippen molar-refractivity contribution in [2.45, 2.75) is 24.9 Å². The first-order valence-electron chi connectivity index (χ1n) is 8.74. The van der Waals surface area contributed by atoms with Crippen LogP contribution in [0.1, 0.15) is 28.8 Å². The van der Waals surface area contributed by atoms with Crippen LogP contribution in [0, 0.1) is 11.3 Å². The van der Waals surface area contributed by atoms with Crippen molar-refractivity contribution in [1.29, 1.82) is 5.26 Å². The first-order valence-corrected chi connectivity index (χ1v) is 8.74. The number of alkyl halides is 2. The van der Waals surface area contributed by atoms with Crippen LogP contribution in [0.5, 0.6) is 11.5 Å². The van der Waals surface area contributed by atoms with Gasteiger partial charge in [0.1, 0.15) is 17.1 Å². The number of primary amides is 1. The number of benzene rings is 1. The van der Waals surface area contributed by atoms with E-state index in [-0.39, 0.29) is 17.1 Å². The number of fused-ring (bicyclic) bond motifs is 1. The summed E-state index contributed by atoms with van der Waals surface area (Å²) in [5.74, 6) is -1.30. The molecule has 0 bridgehead atoms. The summed E-state index contributed by atoms with van der Waals surface area (Å²) in [5.41, 5.74) is 7.25. The summed E-state index contributed by atoms with van der Waals surface area (Å²) >= 11 is 0. The van der Waals surface area contributed by atoms with Crippen LogP contribution in [0.3, 0.4) is 0 Å². The summed E-state index contributed by atoms with van der Waals surface area (Å²) in [6.45, 7) is -3.14. The SMILES string of the molecule is COc1cc(-c2cnn3cc(C4(C#N)CC4)ccc23)cc(OC(F)F)c1C(N)=O. The Balaban J connectivity index is 1.85. The molecule has 1 amide bonds. The van der Waals surface area contributed by atoms with E-state index in [9.17, 15) is 18.8 Å². The van der Waals surface area contributed by atoms with E-state index in [2.05, 4.69) is 15.9 Å². The highest BCUT2D eigenvalue weighted by atomic mass is 19.3. The zero-order valence-electron chi connectivity index (χ0n) is 15.4. The maximum Gasteiger partial charge on any atom is 0.387 e. The number of methoxy groups -OCH3 is 1. The third-order valence-electron chi connectivity index (χ3n) is 5.09. The molecular formula is C20H16F2N4O3. The topological polar surface area (TPSA) is 103 Å². The molecule has 0 aliphatic heterocycles. The molecule has 1 fully saturated rings. The van der Waals surface area contributed by atoms with Crippen molar-refractivity contribution < 1.29 is 23.0 Å². The molecule has 9 heteroatoms. The van der Waals surface area contributed by atoms with Crippen LogP contribution in [0.25, 0.3) is 16.6 Å². The molecule has 1 aliphatic carbocycles. The number of nitrogens with zero attached hydrogens (tertiary/aromatic N) is 3. The number of aromatic nitrogens is 2. The van der Waals surface area contributed by atoms with E-state index < -0.39 is 17.9 Å². The maximum absolute atomic E-state index is 12.9. The van der Waals surface area contributed by atoms with Crippen molar-refractivity contribution in [1.82, 2.24) is 9.61 Å². The standard InChI is InChI=1S/C20H16F2N4O3/c1-28-15-6-11(7-16(29-19(21)22)17(15)18(24)27)13-8-25-26-9-12(2-3-14(13)26)20(10-23)4-5-20/h2-3,6-9,19H,4-5H2,1H3,(H2,24,27). The van der Waals surface area contributed by atoms with Gasteiger partial charge in [0.2, 0.25) is 0 Å². The molecule has 148 valence electrons. The molecule has 1 aromatic carbocycles. The zero-order valence-corrected chi connectivity index (χ0v) is 15.4. The molecule has 2 aromatic heterocycles. The van der Waals surface area contributed by atoms with Crippen LogP contribution in [0.15, 0.2) is 36.7 Å². The van der Waals surface area contributed by atoms with Crippen LogP contribution in [0.4, 0.5) is 8.78 Å². The molecule has 0 saturated heterocycles. The Labute approximate surface area is 164 Å². The number of hydrogen-bond acceptors (Lipinski definition) is 5. The molecule has 7 nitrogen and oxygen atoms in total. The van der Waals surface area contributed by atoms with Gasteiger partial charge in [-0.3, -0.25) is 4.79 Å². The minimum absolute atomic E-state index is 0.0167. The average molecular weight is 398 g/mol. The van der Waals surface area contributed by atoms with Crippen molar-refractivity contribution >= 4 is 11.4 Å². The van der Waals surface area contributed by atoms with E-state index in [0.717, 1.165) is 18.4 Å². The molecule has 29 heavy (non-hydrogen) atoms. The Hall–Kier alpha value is -3.67. The molecular weight excluding hydrogens is 382 g/mol. The average Bonchev–Trinajstić information content (AvgIpc) is 3.38. The fourth-order valence-electron chi connectivity index (χ4n) is 3.42. The van der Waals surface area contributed by atoms with Crippen LogP contribution in [-0.4, -0.2) is 29.2 Å². The number of nitriles is 1. The van der Waals surface area contributed by atoms with Crippen molar-refractivity contribution in [3.8, 4) is 28.7 Å². The van der Waals surface area contributed by atoms with Gasteiger partial charge in [-0.15, -0.1) is 0 Å². The molecule has 2 N–H and O–H groups in total. The highest BCUT2D eigenvalue weighted by Gasteiger charge is 2.45. The van der Waals surface area contributed by atoms with Crippen LogP contribution in [-0.2, 0) is 5.41 Å². The number of halogens is 2. The van der Waals surface area contributed by atoms with Gasteiger partial charge in [0.05, 0.1) is 30.3 Å². The minimum Gasteiger partial charge on any atom is -0.496 e. The van der Waals surface area contributed by atoms with Crippen molar-refractivity contribution in [2.24, 2.45) is 5.73 Å². The number of rotatable bonds is 6. The largest absolute Gasteiger partial charge is 0.496 e. The summed E-state index contributed by atoms with van der Waals surface area (Å²) in [7, 11) is 1.30. The smallest absolute Gasteiger partial charge is 0.387 e. The van der Waals surface area contributed by atoms with E-state index in [0.29, 0.717) is 16.6 Å². The lowest BCUT2D eigenvalue weighted by Gasteiger charge is -2.14. The first kappa shape index (κ1) is 18.7. The van der Waals surface area contributed by atoms with Gasteiger partial charge in [-0.1, -0.05) is 6.07 Å². The van der Waals surface area contributed by atoms with E-state index in [4.69, 9.17) is 10.5 Å². The Kier molecular flexibility index (Phi) is 4.34. The Bertz CT molecular complexity index is 1160. The maximum atomic E-state index is 12.9. The number of hydrogen-bond donors (Lipinski definition) is 1. The summed E-state index contributed by atoms with van der Waals surface area (Å²) in [6, 6.07) is 8.84. The summed E-state index contributed by atoms with van der Waals surface area (Å²) in [5, 5.41) is 13.7. The second-order valence-electron chi connectivity index (χ2n) is 6.79. The molecule has 1 aliphatic rings. The fraction of sp³-hybridized carbons (Fsp3) is 0.250. The molecule has 0 atom stereocenters. The fourth-order valence-corrected chi connectivity index (χ4v) is 3.42. The van der Waals surface area contributed by atoms with Gasteiger partial charge in [-0.25, -0.2) is 4.52 Å². The Morgan fingerprint density at radius 3 is 2.66 bits per heavy atom. The second-order valence-corrected chi connectivity index (χ2v) is 6.79. The Morgan fingerprint density at radius 1 is 1.34 bits per heavy atom. The number of pyridine rings is 1. The quantitative estimate of drug-likeness (QED) is 0.687. The monoisotopic (exact) mass is 398 g/mol. The minimum atomic E-state index is -3.14. The van der Waals surface area contributed by atoms with Gasteiger partial charge in [-0.2, -0.15) is 19.1 Å². The zero-order chi connectivity index (χ0) is 20.8. The number of amides is 1. The highest BCUT2D eigenvalue weighted by Crippen LogP contribution is 2.47. The van der Waals surface area contributed by atoms with Crippen LogP contribution in [0.2, 0.25) is 0 Å². The van der Waals surface area contributed by atoms with Crippen LogP contribution >= 0.6 is 0 Å². The van der Waals surface area contributed by atoms with Gasteiger partial charge >= 0.3 is 6.61 Å². The summed E-state index contributed by atoms with van der Waals surface area (Å²) in [4.78, 5) is 11.7. The van der Waals surface area contributed by atoms with Gasteiger partial charge in [0.25, 0.3) is 5.91 Å². The lowest BCUT2D eigenvalue weighted by Crippen LogP contribution is -2.16. The normalized spacial score (nSPS) is 14.6. The van der Waals surface area contributed by atoms with E-state index in [1.807, 2.05) is 12.1 Å². The van der Waals surface area contributed by atoms with Crippen LogP contribution < -0.4 is 15.2 Å². The van der Waals surface area contributed by atoms with Gasteiger partial charge in [0.15, 0.2) is 0 Å². The molecule has 1 saturated carbocycles. The number of carbonyl (C=O) groups is 1. The van der Waals surface area contributed by atoms with Crippen molar-refractivity contribution in [3.63, 3.8) is 0 Å².